The van der Waals surface area contributed by atoms with Gasteiger partial charge >= 0.3 is 0 Å². The molecule has 0 radical (unpaired) electrons. The summed E-state index contributed by atoms with van der Waals surface area (Å²) in [6.07, 6.45) is -27.7. The van der Waals surface area contributed by atoms with Gasteiger partial charge in [0.05, 0.1) is 38.6 Å². The molecule has 4 aliphatic carbocycles. The molecule has 0 spiro atoms. The van der Waals surface area contributed by atoms with Crippen LogP contribution in [-0.2, 0) is 42.7 Å². The van der Waals surface area contributed by atoms with E-state index in [4.69, 9.17) is 37.9 Å². The van der Waals surface area contributed by atoms with Gasteiger partial charge in [-0.1, -0.05) is 13.8 Å². The first-order chi connectivity index (χ1) is 31.3. The lowest BCUT2D eigenvalue weighted by Crippen LogP contribution is -2.68. The lowest BCUT2D eigenvalue weighted by Gasteiger charge is -2.61. The largest absolute Gasteiger partial charge is 0.394 e. The fourth-order valence-corrected chi connectivity index (χ4v) is 13.6. The van der Waals surface area contributed by atoms with Crippen LogP contribution in [0.2, 0.25) is 0 Å². The monoisotopic (exact) mass is 952 g/mol. The Morgan fingerprint density at radius 2 is 1.11 bits per heavy atom. The number of ether oxygens (including phenoxy) is 8. The Hall–Kier alpha value is -1.17. The molecule has 8 fully saturated rings. The highest BCUT2D eigenvalue weighted by Gasteiger charge is 2.64. The predicted octanol–water partition coefficient (Wildman–Crippen LogP) is -4.50. The van der Waals surface area contributed by atoms with Gasteiger partial charge in [-0.05, 0) is 92.8 Å². The molecule has 13 N–H and O–H groups in total. The van der Waals surface area contributed by atoms with Gasteiger partial charge in [0.15, 0.2) is 25.2 Å². The van der Waals surface area contributed by atoms with Crippen LogP contribution in [-0.4, -0.2) is 228 Å². The molecule has 66 heavy (non-hydrogen) atoms. The van der Waals surface area contributed by atoms with Crippen LogP contribution in [0.15, 0.2) is 0 Å². The summed E-state index contributed by atoms with van der Waals surface area (Å²) in [7, 11) is 0. The number of carbonyl (C=O) groups excluding carboxylic acids is 1. The lowest BCUT2D eigenvalue weighted by molar-refractivity contribution is -0.404. The van der Waals surface area contributed by atoms with Gasteiger partial charge in [0.1, 0.15) is 97.3 Å². The molecule has 28 atom stereocenters. The van der Waals surface area contributed by atoms with E-state index in [2.05, 4.69) is 13.8 Å². The summed E-state index contributed by atoms with van der Waals surface area (Å²) in [5.41, 5.74) is -0.239. The minimum absolute atomic E-state index is 0.0143. The van der Waals surface area contributed by atoms with Gasteiger partial charge < -0.3 is 104 Å². The molecule has 4 heterocycles. The SMILES string of the molecule is CC(=O)C1C(O)CC2C3CCC4CC(OC5OC(CO)C(OC6OC(CO)C(O)C(OC7OCC(O)C(O)C7O)C6OC6OC(CO)C(O)C(O)C6O)C(O)C5O)CCC4(C)C3CCC21C. The molecule has 380 valence electrons. The van der Waals surface area contributed by atoms with E-state index >= 15 is 0 Å². The second-order valence-electron chi connectivity index (χ2n) is 20.8. The molecule has 4 aliphatic heterocycles. The molecule has 4 saturated carbocycles. The van der Waals surface area contributed by atoms with E-state index in [1.54, 1.807) is 6.92 Å². The van der Waals surface area contributed by atoms with Crippen LogP contribution >= 0.6 is 0 Å². The normalized spacial score (nSPS) is 55.4. The summed E-state index contributed by atoms with van der Waals surface area (Å²) < 4.78 is 47.4. The van der Waals surface area contributed by atoms with Crippen LogP contribution in [0.25, 0.3) is 0 Å². The van der Waals surface area contributed by atoms with Gasteiger partial charge in [-0.25, -0.2) is 0 Å². The highest BCUT2D eigenvalue weighted by molar-refractivity contribution is 5.80. The quantitative estimate of drug-likeness (QED) is 0.0820. The average Bonchev–Trinajstić information content (AvgIpc) is 3.57. The molecule has 8 rings (SSSR count). The minimum atomic E-state index is -2.01. The van der Waals surface area contributed by atoms with Gasteiger partial charge in [0.2, 0.25) is 0 Å². The number of Topliss-reactive ketones (excluding diaryl/α,β-unsaturated/α-hetero) is 1. The number of fused-ring (bicyclic) bond motifs is 5. The fraction of sp³-hybridized carbons (Fsp3) is 0.977. The first-order valence-electron chi connectivity index (χ1n) is 23.6. The standard InChI is InChI=1S/C44H72O22/c1-16(48)27-22(49)11-21-19-5-4-17-10-18(6-8-43(17,2)20(19)7-9-44(21,27)3)60-40-35(58)32(55)36(26(14-47)63-40)64-42-38(66-41-34(57)31(54)29(52)24(12-45)61-41)37(30(53)25(13-46)62-42)65-39-33(56)28(51)23(50)15-59-39/h17-42,45-47,49-58H,4-15H2,1-3H3. The smallest absolute Gasteiger partial charge is 0.187 e. The molecule has 22 nitrogen and oxygen atoms in total. The van der Waals surface area contributed by atoms with Gasteiger partial charge in [0, 0.05) is 5.92 Å². The second kappa shape index (κ2) is 20.1. The van der Waals surface area contributed by atoms with Crippen molar-refractivity contribution in [2.45, 2.75) is 201 Å². The van der Waals surface area contributed by atoms with Crippen LogP contribution in [0.3, 0.4) is 0 Å². The van der Waals surface area contributed by atoms with Gasteiger partial charge in [-0.15, -0.1) is 0 Å². The highest BCUT2D eigenvalue weighted by Crippen LogP contribution is 2.67. The van der Waals surface area contributed by atoms with Crippen molar-refractivity contribution < 1.29 is 109 Å². The van der Waals surface area contributed by atoms with Crippen molar-refractivity contribution in [1.29, 1.82) is 0 Å². The van der Waals surface area contributed by atoms with E-state index in [9.17, 15) is 71.2 Å². The van der Waals surface area contributed by atoms with E-state index in [0.29, 0.717) is 31.1 Å². The minimum Gasteiger partial charge on any atom is -0.394 e. The summed E-state index contributed by atoms with van der Waals surface area (Å²) in [5.74, 6) is 1.05. The van der Waals surface area contributed by atoms with Gasteiger partial charge in [-0.3, -0.25) is 4.79 Å². The highest BCUT2D eigenvalue weighted by atomic mass is 16.8. The third-order valence-corrected chi connectivity index (χ3v) is 17.2. The second-order valence-corrected chi connectivity index (χ2v) is 20.8. The summed E-state index contributed by atoms with van der Waals surface area (Å²) in [4.78, 5) is 12.7. The molecular weight excluding hydrogens is 880 g/mol. The molecule has 4 saturated heterocycles. The zero-order valence-electron chi connectivity index (χ0n) is 37.5. The third kappa shape index (κ3) is 9.06. The van der Waals surface area contributed by atoms with E-state index in [1.807, 2.05) is 0 Å². The number of rotatable bonds is 12. The van der Waals surface area contributed by atoms with Crippen LogP contribution in [0.5, 0.6) is 0 Å². The Morgan fingerprint density at radius 1 is 0.530 bits per heavy atom. The summed E-state index contributed by atoms with van der Waals surface area (Å²) in [5, 5.41) is 139. The number of aliphatic hydroxyl groups is 13. The first kappa shape index (κ1) is 51.2. The van der Waals surface area contributed by atoms with Crippen LogP contribution in [0, 0.1) is 40.4 Å². The Morgan fingerprint density at radius 3 is 1.79 bits per heavy atom. The summed E-state index contributed by atoms with van der Waals surface area (Å²) >= 11 is 0. The molecule has 0 aromatic heterocycles. The van der Waals surface area contributed by atoms with Crippen molar-refractivity contribution in [1.82, 2.24) is 0 Å². The molecule has 0 aromatic rings. The Labute approximate surface area is 382 Å². The Kier molecular flexibility index (Phi) is 15.6. The van der Waals surface area contributed by atoms with Crippen LogP contribution in [0.4, 0.5) is 0 Å². The molecule has 0 amide bonds. The molecular formula is C44H72O22. The molecule has 0 bridgehead atoms. The molecule has 28 unspecified atom stereocenters. The van der Waals surface area contributed by atoms with Gasteiger partial charge in [-0.2, -0.15) is 0 Å². The van der Waals surface area contributed by atoms with Crippen molar-refractivity contribution in [3.8, 4) is 0 Å². The number of hydrogen-bond acceptors (Lipinski definition) is 22. The van der Waals surface area contributed by atoms with E-state index in [1.165, 1.54) is 0 Å². The number of carbonyl (C=O) groups is 1. The lowest BCUT2D eigenvalue weighted by atomic mass is 9.44. The van der Waals surface area contributed by atoms with E-state index in [-0.39, 0.29) is 40.5 Å². The average molecular weight is 953 g/mol. The zero-order chi connectivity index (χ0) is 47.7. The first-order valence-corrected chi connectivity index (χ1v) is 23.6. The Balaban J connectivity index is 0.971. The third-order valence-electron chi connectivity index (χ3n) is 17.2. The Bertz CT molecular complexity index is 1640. The number of ketones is 1. The summed E-state index contributed by atoms with van der Waals surface area (Å²) in [6.45, 7) is 3.08. The van der Waals surface area contributed by atoms with E-state index in [0.717, 1.165) is 32.1 Å². The van der Waals surface area contributed by atoms with Crippen molar-refractivity contribution in [3.05, 3.63) is 0 Å². The predicted molar refractivity (Wildman–Crippen MR) is 218 cm³/mol. The van der Waals surface area contributed by atoms with Gasteiger partial charge in [0.25, 0.3) is 0 Å². The molecule has 8 aliphatic rings. The zero-order valence-corrected chi connectivity index (χ0v) is 37.5. The van der Waals surface area contributed by atoms with Crippen molar-refractivity contribution in [2.24, 2.45) is 40.4 Å². The number of aliphatic hydroxyl groups excluding tert-OH is 13. The molecule has 22 heteroatoms. The van der Waals surface area contributed by atoms with Crippen molar-refractivity contribution in [2.75, 3.05) is 26.4 Å². The van der Waals surface area contributed by atoms with Crippen LogP contribution < -0.4 is 0 Å². The maximum Gasteiger partial charge on any atom is 0.187 e. The van der Waals surface area contributed by atoms with E-state index < -0.39 is 149 Å². The fourth-order valence-electron chi connectivity index (χ4n) is 13.6. The van der Waals surface area contributed by atoms with Crippen molar-refractivity contribution in [3.63, 3.8) is 0 Å². The maximum absolute atomic E-state index is 12.7. The maximum atomic E-state index is 12.7. The topological polar surface area (TPSA) is 354 Å². The molecule has 0 aromatic carbocycles. The van der Waals surface area contributed by atoms with Crippen LogP contribution in [0.1, 0.15) is 72.1 Å². The summed E-state index contributed by atoms with van der Waals surface area (Å²) in [6, 6.07) is 0. The van der Waals surface area contributed by atoms with Crippen molar-refractivity contribution >= 4 is 5.78 Å². The number of hydrogen-bond donors (Lipinski definition) is 13.